The van der Waals surface area contributed by atoms with Gasteiger partial charge in [0.05, 0.1) is 18.5 Å². The van der Waals surface area contributed by atoms with Crippen LogP contribution in [-0.2, 0) is 19.1 Å². The molecule has 0 bridgehead atoms. The number of aromatic nitrogens is 2. The molecular formula is C20H20FN3O3. The van der Waals surface area contributed by atoms with Gasteiger partial charge >= 0.3 is 0 Å². The van der Waals surface area contributed by atoms with Crippen molar-refractivity contribution in [3.63, 3.8) is 0 Å². The van der Waals surface area contributed by atoms with Crippen molar-refractivity contribution in [3.05, 3.63) is 65.5 Å². The fraction of sp³-hybridized carbons (Fsp3) is 0.300. The second-order valence-electron chi connectivity index (χ2n) is 6.87. The van der Waals surface area contributed by atoms with Gasteiger partial charge in [-0.05, 0) is 49.2 Å². The Kier molecular flexibility index (Phi) is 4.31. The first-order valence-electron chi connectivity index (χ1n) is 8.84. The Morgan fingerprint density at radius 1 is 1.37 bits per heavy atom. The molecule has 3 aromatic rings. The van der Waals surface area contributed by atoms with E-state index in [1.807, 2.05) is 0 Å². The molecule has 1 aliphatic carbocycles. The SMILES string of the molecule is Cn1nc(-c2ccc(F)cc2)cc1C(=O)NCC1(O)CCCc2occc21. The lowest BCUT2D eigenvalue weighted by molar-refractivity contribution is 0.0168. The Labute approximate surface area is 155 Å². The van der Waals surface area contributed by atoms with E-state index < -0.39 is 5.60 Å². The maximum absolute atomic E-state index is 13.1. The van der Waals surface area contributed by atoms with Crippen molar-refractivity contribution in [3.8, 4) is 11.3 Å². The lowest BCUT2D eigenvalue weighted by Gasteiger charge is -2.31. The van der Waals surface area contributed by atoms with Gasteiger partial charge in [0.2, 0.25) is 0 Å². The van der Waals surface area contributed by atoms with Crippen LogP contribution in [-0.4, -0.2) is 27.3 Å². The molecule has 2 heterocycles. The van der Waals surface area contributed by atoms with Crippen LogP contribution in [0.3, 0.4) is 0 Å². The Bertz CT molecular complexity index is 977. The lowest BCUT2D eigenvalue weighted by atomic mass is 9.83. The molecule has 1 amide bonds. The van der Waals surface area contributed by atoms with E-state index in [1.54, 1.807) is 37.6 Å². The van der Waals surface area contributed by atoms with E-state index in [1.165, 1.54) is 16.8 Å². The third-order valence-electron chi connectivity index (χ3n) is 5.03. The predicted octanol–water partition coefficient (Wildman–Crippen LogP) is 2.77. The van der Waals surface area contributed by atoms with E-state index in [4.69, 9.17) is 4.42 Å². The number of benzene rings is 1. The highest BCUT2D eigenvalue weighted by Gasteiger charge is 2.36. The molecule has 0 fully saturated rings. The first-order valence-corrected chi connectivity index (χ1v) is 8.84. The van der Waals surface area contributed by atoms with E-state index in [0.29, 0.717) is 17.8 Å². The van der Waals surface area contributed by atoms with Crippen LogP contribution in [0.1, 0.15) is 34.7 Å². The van der Waals surface area contributed by atoms with Crippen LogP contribution in [0, 0.1) is 5.82 Å². The monoisotopic (exact) mass is 369 g/mol. The molecule has 6 nitrogen and oxygen atoms in total. The summed E-state index contributed by atoms with van der Waals surface area (Å²) < 4.78 is 20.0. The topological polar surface area (TPSA) is 80.3 Å². The molecule has 0 saturated heterocycles. The van der Waals surface area contributed by atoms with E-state index >= 15 is 0 Å². The van der Waals surface area contributed by atoms with Crippen LogP contribution < -0.4 is 5.32 Å². The lowest BCUT2D eigenvalue weighted by Crippen LogP contribution is -2.43. The first kappa shape index (κ1) is 17.5. The summed E-state index contributed by atoms with van der Waals surface area (Å²) in [6.45, 7) is 0.0927. The van der Waals surface area contributed by atoms with Gasteiger partial charge in [-0.25, -0.2) is 4.39 Å². The number of hydrogen-bond donors (Lipinski definition) is 2. The zero-order chi connectivity index (χ0) is 19.0. The highest BCUT2D eigenvalue weighted by Crippen LogP contribution is 2.35. The standard InChI is InChI=1S/C20H20FN3O3/c1-24-17(11-16(23-24)13-4-6-14(21)7-5-13)19(25)22-12-20(26)9-2-3-18-15(20)8-10-27-18/h4-8,10-11,26H,2-3,9,12H2,1H3,(H,22,25). The molecule has 27 heavy (non-hydrogen) atoms. The van der Waals surface area contributed by atoms with Gasteiger partial charge in [0, 0.05) is 24.6 Å². The summed E-state index contributed by atoms with van der Waals surface area (Å²) in [6.07, 6.45) is 3.72. The van der Waals surface area contributed by atoms with Crippen LogP contribution in [0.2, 0.25) is 0 Å². The molecule has 140 valence electrons. The number of rotatable bonds is 4. The highest BCUT2D eigenvalue weighted by atomic mass is 19.1. The van der Waals surface area contributed by atoms with Crippen molar-refractivity contribution < 1.29 is 18.7 Å². The molecule has 7 heteroatoms. The average Bonchev–Trinajstić information content (AvgIpc) is 3.28. The third-order valence-corrected chi connectivity index (χ3v) is 5.03. The third kappa shape index (κ3) is 3.26. The van der Waals surface area contributed by atoms with Gasteiger partial charge in [-0.1, -0.05) is 0 Å². The number of aliphatic hydroxyl groups is 1. The van der Waals surface area contributed by atoms with Crippen molar-refractivity contribution in [2.24, 2.45) is 7.05 Å². The van der Waals surface area contributed by atoms with Gasteiger partial charge in [0.15, 0.2) is 0 Å². The molecule has 0 saturated carbocycles. The van der Waals surface area contributed by atoms with Crippen LogP contribution in [0.25, 0.3) is 11.3 Å². The van der Waals surface area contributed by atoms with Gasteiger partial charge in [-0.15, -0.1) is 0 Å². The number of halogens is 1. The Morgan fingerprint density at radius 2 is 2.15 bits per heavy atom. The van der Waals surface area contributed by atoms with Gasteiger partial charge < -0.3 is 14.8 Å². The Balaban J connectivity index is 1.50. The number of carbonyl (C=O) groups excluding carboxylic acids is 1. The summed E-state index contributed by atoms with van der Waals surface area (Å²) in [5.74, 6) is 0.117. The minimum Gasteiger partial charge on any atom is -0.469 e. The van der Waals surface area contributed by atoms with Crippen LogP contribution in [0.5, 0.6) is 0 Å². The molecular weight excluding hydrogens is 349 g/mol. The first-order chi connectivity index (χ1) is 13.0. The molecule has 1 unspecified atom stereocenters. The van der Waals surface area contributed by atoms with Crippen molar-refractivity contribution in [2.45, 2.75) is 24.9 Å². The van der Waals surface area contributed by atoms with Crippen molar-refractivity contribution in [2.75, 3.05) is 6.54 Å². The van der Waals surface area contributed by atoms with Crippen molar-refractivity contribution in [1.82, 2.24) is 15.1 Å². The van der Waals surface area contributed by atoms with E-state index in [2.05, 4.69) is 10.4 Å². The van der Waals surface area contributed by atoms with Crippen LogP contribution in [0.15, 0.2) is 47.1 Å². The van der Waals surface area contributed by atoms with Crippen LogP contribution >= 0.6 is 0 Å². The second-order valence-corrected chi connectivity index (χ2v) is 6.87. The van der Waals surface area contributed by atoms with E-state index in [-0.39, 0.29) is 18.3 Å². The summed E-state index contributed by atoms with van der Waals surface area (Å²) in [7, 11) is 1.67. The minimum absolute atomic E-state index is 0.0927. The van der Waals surface area contributed by atoms with Crippen molar-refractivity contribution >= 4 is 5.91 Å². The largest absolute Gasteiger partial charge is 0.469 e. The number of hydrogen-bond acceptors (Lipinski definition) is 4. The average molecular weight is 369 g/mol. The zero-order valence-electron chi connectivity index (χ0n) is 14.9. The normalized spacial score (nSPS) is 18.9. The zero-order valence-corrected chi connectivity index (χ0v) is 14.9. The van der Waals surface area contributed by atoms with Crippen molar-refractivity contribution in [1.29, 1.82) is 0 Å². The summed E-state index contributed by atoms with van der Waals surface area (Å²) in [5.41, 5.74) is 1.28. The molecule has 0 spiro atoms. The number of aryl methyl sites for hydroxylation is 2. The molecule has 1 aromatic carbocycles. The number of fused-ring (bicyclic) bond motifs is 1. The minimum atomic E-state index is -1.13. The molecule has 1 aliphatic rings. The van der Waals surface area contributed by atoms with Crippen LogP contribution in [0.4, 0.5) is 4.39 Å². The molecule has 0 aliphatic heterocycles. The Morgan fingerprint density at radius 3 is 2.93 bits per heavy atom. The number of nitrogens with zero attached hydrogens (tertiary/aromatic N) is 2. The van der Waals surface area contributed by atoms with E-state index in [9.17, 15) is 14.3 Å². The number of amides is 1. The quantitative estimate of drug-likeness (QED) is 0.741. The van der Waals surface area contributed by atoms with Gasteiger partial charge in [-0.2, -0.15) is 5.10 Å². The van der Waals surface area contributed by atoms with Gasteiger partial charge in [0.25, 0.3) is 5.91 Å². The smallest absolute Gasteiger partial charge is 0.269 e. The fourth-order valence-electron chi connectivity index (χ4n) is 3.57. The summed E-state index contributed by atoms with van der Waals surface area (Å²) >= 11 is 0. The number of carbonyl (C=O) groups is 1. The number of nitrogens with one attached hydrogen (secondary N) is 1. The summed E-state index contributed by atoms with van der Waals surface area (Å²) in [6, 6.07) is 9.35. The second kappa shape index (κ2) is 6.66. The highest BCUT2D eigenvalue weighted by molar-refractivity contribution is 5.93. The summed E-state index contributed by atoms with van der Waals surface area (Å²) in [4.78, 5) is 12.6. The Hall–Kier alpha value is -2.93. The molecule has 0 radical (unpaired) electrons. The van der Waals surface area contributed by atoms with E-state index in [0.717, 1.165) is 29.7 Å². The number of furan rings is 1. The molecule has 2 aromatic heterocycles. The molecule has 1 atom stereocenters. The predicted molar refractivity (Wildman–Crippen MR) is 96.5 cm³/mol. The maximum atomic E-state index is 13.1. The fourth-order valence-corrected chi connectivity index (χ4v) is 3.57. The molecule has 2 N–H and O–H groups in total. The maximum Gasteiger partial charge on any atom is 0.269 e. The summed E-state index contributed by atoms with van der Waals surface area (Å²) in [5, 5.41) is 18.1. The van der Waals surface area contributed by atoms with Gasteiger partial charge in [-0.3, -0.25) is 9.48 Å². The van der Waals surface area contributed by atoms with Gasteiger partial charge in [0.1, 0.15) is 22.9 Å². The molecule has 4 rings (SSSR count).